The number of rotatable bonds is 3. The Kier molecular flexibility index (Phi) is 3.31. The van der Waals surface area contributed by atoms with E-state index in [1.807, 2.05) is 54.6 Å². The van der Waals surface area contributed by atoms with Crippen LogP contribution >= 0.6 is 0 Å². The van der Waals surface area contributed by atoms with Gasteiger partial charge >= 0.3 is 0 Å². The van der Waals surface area contributed by atoms with Crippen molar-refractivity contribution in [3.05, 3.63) is 82.4 Å². The molecule has 24 heavy (non-hydrogen) atoms. The van der Waals surface area contributed by atoms with Crippen LogP contribution in [-0.2, 0) is 16.0 Å². The molecule has 2 aromatic carbocycles. The zero-order chi connectivity index (χ0) is 16.7. The van der Waals surface area contributed by atoms with Crippen LogP contribution in [0, 0.1) is 0 Å². The second-order valence-electron chi connectivity index (χ2n) is 5.82. The third-order valence-electron chi connectivity index (χ3n) is 4.39. The summed E-state index contributed by atoms with van der Waals surface area (Å²) in [5.74, 6) is -0.478. The Labute approximate surface area is 139 Å². The number of carbonyl (C=O) groups is 2. The predicted octanol–water partition coefficient (Wildman–Crippen LogP) is 2.63. The minimum Gasteiger partial charge on any atom is -0.321 e. The topological polar surface area (TPSA) is 58.2 Å². The summed E-state index contributed by atoms with van der Waals surface area (Å²) >= 11 is 0. The lowest BCUT2D eigenvalue weighted by atomic mass is 10.0. The van der Waals surface area contributed by atoms with Crippen molar-refractivity contribution in [1.29, 1.82) is 0 Å². The fourth-order valence-corrected chi connectivity index (χ4v) is 3.13. The lowest BCUT2D eigenvalue weighted by molar-refractivity contribution is -0.117. The second-order valence-corrected chi connectivity index (χ2v) is 5.82. The van der Waals surface area contributed by atoms with Crippen LogP contribution in [0.3, 0.4) is 0 Å². The highest BCUT2D eigenvalue weighted by atomic mass is 16.2. The van der Waals surface area contributed by atoms with Crippen molar-refractivity contribution in [3.8, 4) is 0 Å². The first kappa shape index (κ1) is 14.5. The maximum Gasteiger partial charge on any atom is 0.258 e. The summed E-state index contributed by atoms with van der Waals surface area (Å²) in [7, 11) is 0. The number of benzene rings is 2. The van der Waals surface area contributed by atoms with Crippen LogP contribution in [0.4, 0.5) is 0 Å². The number of nitrogens with one attached hydrogen (secondary N) is 2. The highest BCUT2D eigenvalue weighted by molar-refractivity contribution is 6.30. The van der Waals surface area contributed by atoms with Crippen molar-refractivity contribution in [2.75, 3.05) is 0 Å². The zero-order valence-electron chi connectivity index (χ0n) is 13.2. The van der Waals surface area contributed by atoms with Gasteiger partial charge < -0.3 is 10.6 Å². The molecule has 0 atom stereocenters. The second kappa shape index (κ2) is 5.49. The van der Waals surface area contributed by atoms with Crippen LogP contribution in [0.1, 0.15) is 23.6 Å². The fraction of sp³-hybridized carbons (Fsp3) is 0.100. The van der Waals surface area contributed by atoms with Gasteiger partial charge in [0.05, 0.1) is 22.5 Å². The van der Waals surface area contributed by atoms with Gasteiger partial charge in [0.15, 0.2) is 0 Å². The van der Waals surface area contributed by atoms with E-state index in [4.69, 9.17) is 0 Å². The van der Waals surface area contributed by atoms with Gasteiger partial charge in [-0.15, -0.1) is 0 Å². The molecule has 0 saturated carbocycles. The summed E-state index contributed by atoms with van der Waals surface area (Å²) in [5, 5.41) is 5.71. The lowest BCUT2D eigenvalue weighted by Crippen LogP contribution is -2.21. The summed E-state index contributed by atoms with van der Waals surface area (Å²) in [6.45, 7) is 2.09. The van der Waals surface area contributed by atoms with Crippen LogP contribution in [0.15, 0.2) is 65.7 Å². The molecule has 2 aromatic rings. The first-order chi connectivity index (χ1) is 11.7. The van der Waals surface area contributed by atoms with Crippen molar-refractivity contribution in [3.63, 3.8) is 0 Å². The van der Waals surface area contributed by atoms with Crippen molar-refractivity contribution in [2.45, 2.75) is 13.3 Å². The van der Waals surface area contributed by atoms with Crippen LogP contribution in [0.25, 0.3) is 11.4 Å². The van der Waals surface area contributed by atoms with Crippen LogP contribution < -0.4 is 10.6 Å². The molecule has 4 heteroatoms. The minimum absolute atomic E-state index is 0.239. The SMILES string of the molecule is CCc1ccc(C2=C3C(=O)NC(c4ccccc4)=C3C(=O)N2)cc1. The van der Waals surface area contributed by atoms with E-state index in [0.717, 1.165) is 17.5 Å². The smallest absolute Gasteiger partial charge is 0.258 e. The Morgan fingerprint density at radius 1 is 0.708 bits per heavy atom. The number of amides is 2. The van der Waals surface area contributed by atoms with Gasteiger partial charge in [0.2, 0.25) is 0 Å². The van der Waals surface area contributed by atoms with Gasteiger partial charge in [-0.05, 0) is 23.1 Å². The van der Waals surface area contributed by atoms with Crippen LogP contribution in [0.2, 0.25) is 0 Å². The number of hydrogen-bond donors (Lipinski definition) is 2. The summed E-state index contributed by atoms with van der Waals surface area (Å²) in [6.07, 6.45) is 0.947. The molecule has 0 aromatic heterocycles. The van der Waals surface area contributed by atoms with Gasteiger partial charge in [0, 0.05) is 0 Å². The Balaban J connectivity index is 1.86. The molecule has 4 nitrogen and oxygen atoms in total. The molecule has 2 aliphatic rings. The van der Waals surface area contributed by atoms with E-state index in [1.165, 1.54) is 5.56 Å². The Morgan fingerprint density at radius 2 is 1.21 bits per heavy atom. The minimum atomic E-state index is -0.239. The molecular weight excluding hydrogens is 300 g/mol. The standard InChI is InChI=1S/C20H16N2O2/c1-2-12-8-10-14(11-9-12)18-16-15(19(23)22-18)17(21-20(16)24)13-6-4-3-5-7-13/h3-11H,2H2,1H3,(H,21,24)(H,22,23). The fourth-order valence-electron chi connectivity index (χ4n) is 3.13. The molecule has 0 unspecified atom stereocenters. The van der Waals surface area contributed by atoms with Gasteiger partial charge in [0.25, 0.3) is 11.8 Å². The Morgan fingerprint density at radius 3 is 1.71 bits per heavy atom. The monoisotopic (exact) mass is 316 g/mol. The molecule has 2 amide bonds. The molecule has 118 valence electrons. The molecule has 0 bridgehead atoms. The van der Waals surface area contributed by atoms with Crippen molar-refractivity contribution < 1.29 is 9.59 Å². The van der Waals surface area contributed by atoms with Crippen molar-refractivity contribution in [2.24, 2.45) is 0 Å². The molecule has 0 fully saturated rings. The number of fused-ring (bicyclic) bond motifs is 1. The molecule has 0 aliphatic carbocycles. The van der Waals surface area contributed by atoms with Gasteiger partial charge in [-0.3, -0.25) is 9.59 Å². The van der Waals surface area contributed by atoms with E-state index in [1.54, 1.807) is 0 Å². The predicted molar refractivity (Wildman–Crippen MR) is 92.4 cm³/mol. The molecule has 4 rings (SSSR count). The zero-order valence-corrected chi connectivity index (χ0v) is 13.2. The summed E-state index contributed by atoms with van der Waals surface area (Å²) in [6, 6.07) is 17.3. The molecule has 2 heterocycles. The van der Waals surface area contributed by atoms with E-state index < -0.39 is 0 Å². The van der Waals surface area contributed by atoms with Gasteiger partial charge in [-0.25, -0.2) is 0 Å². The average Bonchev–Trinajstić information content (AvgIpc) is 3.15. The van der Waals surface area contributed by atoms with E-state index in [9.17, 15) is 9.59 Å². The lowest BCUT2D eigenvalue weighted by Gasteiger charge is -2.07. The van der Waals surface area contributed by atoms with E-state index >= 15 is 0 Å². The number of aryl methyl sites for hydroxylation is 1. The third-order valence-corrected chi connectivity index (χ3v) is 4.39. The van der Waals surface area contributed by atoms with Gasteiger partial charge in [-0.2, -0.15) is 0 Å². The normalized spacial score (nSPS) is 16.4. The molecule has 2 aliphatic heterocycles. The molecular formula is C20H16N2O2. The van der Waals surface area contributed by atoms with E-state index in [2.05, 4.69) is 17.6 Å². The number of carbonyl (C=O) groups excluding carboxylic acids is 2. The van der Waals surface area contributed by atoms with E-state index in [0.29, 0.717) is 22.5 Å². The maximum absolute atomic E-state index is 12.5. The van der Waals surface area contributed by atoms with Crippen LogP contribution in [0.5, 0.6) is 0 Å². The first-order valence-corrected chi connectivity index (χ1v) is 7.95. The highest BCUT2D eigenvalue weighted by Crippen LogP contribution is 2.37. The molecule has 0 saturated heterocycles. The molecule has 2 N–H and O–H groups in total. The Hall–Kier alpha value is -3.14. The van der Waals surface area contributed by atoms with Gasteiger partial charge in [-0.1, -0.05) is 61.5 Å². The van der Waals surface area contributed by atoms with E-state index in [-0.39, 0.29) is 11.8 Å². The maximum atomic E-state index is 12.5. The van der Waals surface area contributed by atoms with Crippen molar-refractivity contribution in [1.82, 2.24) is 10.6 Å². The number of hydrogen-bond acceptors (Lipinski definition) is 2. The summed E-state index contributed by atoms with van der Waals surface area (Å²) in [5.41, 5.74) is 4.91. The molecule has 0 radical (unpaired) electrons. The summed E-state index contributed by atoms with van der Waals surface area (Å²) < 4.78 is 0. The average molecular weight is 316 g/mol. The third kappa shape index (κ3) is 2.15. The Bertz CT molecular complexity index is 906. The van der Waals surface area contributed by atoms with Crippen LogP contribution in [-0.4, -0.2) is 11.8 Å². The largest absolute Gasteiger partial charge is 0.321 e. The van der Waals surface area contributed by atoms with Crippen molar-refractivity contribution >= 4 is 23.2 Å². The first-order valence-electron chi connectivity index (χ1n) is 7.95. The summed E-state index contributed by atoms with van der Waals surface area (Å²) in [4.78, 5) is 25.0. The quantitative estimate of drug-likeness (QED) is 0.914. The van der Waals surface area contributed by atoms with Gasteiger partial charge in [0.1, 0.15) is 0 Å². The highest BCUT2D eigenvalue weighted by Gasteiger charge is 2.40. The molecule has 0 spiro atoms.